The lowest BCUT2D eigenvalue weighted by atomic mass is 9.82. The molecule has 1 rings (SSSR count). The topological polar surface area (TPSA) is 55.1 Å². The molecule has 0 aliphatic heterocycles. The van der Waals surface area contributed by atoms with E-state index in [0.717, 1.165) is 18.4 Å². The van der Waals surface area contributed by atoms with Crippen molar-refractivity contribution in [2.45, 2.75) is 59.0 Å². The molecule has 1 aromatic rings. The maximum atomic E-state index is 13.1. The zero-order valence-electron chi connectivity index (χ0n) is 13.4. The van der Waals surface area contributed by atoms with Crippen LogP contribution in [0.3, 0.4) is 0 Å². The summed E-state index contributed by atoms with van der Waals surface area (Å²) in [6.07, 6.45) is 2.63. The van der Waals surface area contributed by atoms with Gasteiger partial charge in [0.2, 0.25) is 5.91 Å². The predicted octanol–water partition coefficient (Wildman–Crippen LogP) is 3.55. The number of carbonyl (C=O) groups excluding carboxylic acids is 1. The second-order valence-corrected chi connectivity index (χ2v) is 6.61. The van der Waals surface area contributed by atoms with Gasteiger partial charge in [0.25, 0.3) is 0 Å². The maximum absolute atomic E-state index is 13.1. The molecule has 0 saturated carbocycles. The molecule has 118 valence electrons. The Morgan fingerprint density at radius 2 is 1.86 bits per heavy atom. The molecule has 1 amide bonds. The lowest BCUT2D eigenvalue weighted by Gasteiger charge is -2.33. The molecule has 1 unspecified atom stereocenters. The summed E-state index contributed by atoms with van der Waals surface area (Å²) in [5, 5.41) is 3.01. The molecule has 21 heavy (non-hydrogen) atoms. The average molecular weight is 294 g/mol. The summed E-state index contributed by atoms with van der Waals surface area (Å²) in [5.74, 6) is -0.426. The van der Waals surface area contributed by atoms with Gasteiger partial charge < -0.3 is 11.1 Å². The Labute approximate surface area is 127 Å². The highest BCUT2D eigenvalue weighted by Crippen LogP contribution is 2.32. The third kappa shape index (κ3) is 5.46. The van der Waals surface area contributed by atoms with Crippen molar-refractivity contribution in [3.8, 4) is 0 Å². The SMILES string of the molecule is CCCC[C@H](N)C(=O)NC(c1ccc(F)cc1)C(C)(C)C. The van der Waals surface area contributed by atoms with Crippen LogP contribution in [-0.4, -0.2) is 11.9 Å². The summed E-state index contributed by atoms with van der Waals surface area (Å²) in [5.41, 5.74) is 6.63. The second-order valence-electron chi connectivity index (χ2n) is 6.61. The van der Waals surface area contributed by atoms with E-state index in [0.29, 0.717) is 6.42 Å². The van der Waals surface area contributed by atoms with E-state index in [9.17, 15) is 9.18 Å². The fourth-order valence-corrected chi connectivity index (χ4v) is 2.26. The van der Waals surface area contributed by atoms with Crippen molar-refractivity contribution in [3.05, 3.63) is 35.6 Å². The van der Waals surface area contributed by atoms with Crippen LogP contribution in [0.25, 0.3) is 0 Å². The van der Waals surface area contributed by atoms with E-state index in [2.05, 4.69) is 12.2 Å². The van der Waals surface area contributed by atoms with Crippen molar-refractivity contribution in [2.75, 3.05) is 0 Å². The van der Waals surface area contributed by atoms with Gasteiger partial charge in [0.15, 0.2) is 0 Å². The van der Waals surface area contributed by atoms with E-state index in [4.69, 9.17) is 5.73 Å². The normalized spacial score (nSPS) is 14.6. The zero-order chi connectivity index (χ0) is 16.0. The van der Waals surface area contributed by atoms with Gasteiger partial charge in [-0.1, -0.05) is 52.7 Å². The van der Waals surface area contributed by atoms with E-state index in [1.807, 2.05) is 20.8 Å². The van der Waals surface area contributed by atoms with Crippen LogP contribution in [0, 0.1) is 11.2 Å². The Morgan fingerprint density at radius 1 is 1.29 bits per heavy atom. The molecule has 0 aliphatic carbocycles. The summed E-state index contributed by atoms with van der Waals surface area (Å²) in [7, 11) is 0. The minimum Gasteiger partial charge on any atom is -0.347 e. The van der Waals surface area contributed by atoms with E-state index in [1.165, 1.54) is 12.1 Å². The molecule has 3 nitrogen and oxygen atoms in total. The largest absolute Gasteiger partial charge is 0.347 e. The molecular weight excluding hydrogens is 267 g/mol. The molecule has 0 bridgehead atoms. The first kappa shape index (κ1) is 17.6. The quantitative estimate of drug-likeness (QED) is 0.843. The van der Waals surface area contributed by atoms with Crippen LogP contribution in [0.5, 0.6) is 0 Å². The molecule has 0 radical (unpaired) electrons. The molecule has 0 aromatic heterocycles. The minimum atomic E-state index is -0.491. The Bertz CT molecular complexity index is 451. The van der Waals surface area contributed by atoms with Crippen molar-refractivity contribution in [1.29, 1.82) is 0 Å². The van der Waals surface area contributed by atoms with Crippen molar-refractivity contribution < 1.29 is 9.18 Å². The lowest BCUT2D eigenvalue weighted by Crippen LogP contribution is -2.45. The Balaban J connectivity index is 2.85. The molecule has 1 aromatic carbocycles. The van der Waals surface area contributed by atoms with Gasteiger partial charge in [0, 0.05) is 0 Å². The first-order chi connectivity index (χ1) is 9.75. The van der Waals surface area contributed by atoms with Crippen LogP contribution < -0.4 is 11.1 Å². The number of amides is 1. The van der Waals surface area contributed by atoms with Gasteiger partial charge in [-0.2, -0.15) is 0 Å². The van der Waals surface area contributed by atoms with Crippen molar-refractivity contribution in [3.63, 3.8) is 0 Å². The minimum absolute atomic E-state index is 0.146. The first-order valence-electron chi connectivity index (χ1n) is 7.57. The Kier molecular flexibility index (Phi) is 6.34. The molecule has 0 heterocycles. The Hall–Kier alpha value is -1.42. The summed E-state index contributed by atoms with van der Waals surface area (Å²) in [4.78, 5) is 12.2. The van der Waals surface area contributed by atoms with Crippen molar-refractivity contribution in [2.24, 2.45) is 11.1 Å². The number of halogens is 1. The van der Waals surface area contributed by atoms with Crippen LogP contribution in [0.4, 0.5) is 4.39 Å². The van der Waals surface area contributed by atoms with E-state index in [-0.39, 0.29) is 23.2 Å². The number of benzene rings is 1. The number of carbonyl (C=O) groups is 1. The van der Waals surface area contributed by atoms with Gasteiger partial charge >= 0.3 is 0 Å². The van der Waals surface area contributed by atoms with Crippen LogP contribution in [0.1, 0.15) is 58.6 Å². The molecule has 0 saturated heterocycles. The lowest BCUT2D eigenvalue weighted by molar-refractivity contribution is -0.124. The van der Waals surface area contributed by atoms with Gasteiger partial charge in [0.1, 0.15) is 5.82 Å². The number of hydrogen-bond donors (Lipinski definition) is 2. The van der Waals surface area contributed by atoms with Crippen LogP contribution in [0.2, 0.25) is 0 Å². The standard InChI is InChI=1S/C17H27FN2O/c1-5-6-7-14(19)16(21)20-15(17(2,3)4)12-8-10-13(18)11-9-12/h8-11,14-15H,5-7,19H2,1-4H3,(H,20,21)/t14-,15?/m0/s1. The van der Waals surface area contributed by atoms with Gasteiger partial charge in [-0.15, -0.1) is 0 Å². The number of nitrogens with one attached hydrogen (secondary N) is 1. The smallest absolute Gasteiger partial charge is 0.237 e. The maximum Gasteiger partial charge on any atom is 0.237 e. The first-order valence-corrected chi connectivity index (χ1v) is 7.57. The third-order valence-electron chi connectivity index (χ3n) is 3.56. The summed E-state index contributed by atoms with van der Waals surface area (Å²) in [6.45, 7) is 8.19. The molecule has 4 heteroatoms. The van der Waals surface area contributed by atoms with Gasteiger partial charge in [-0.3, -0.25) is 4.79 Å². The van der Waals surface area contributed by atoms with Crippen LogP contribution in [0.15, 0.2) is 24.3 Å². The van der Waals surface area contributed by atoms with Gasteiger partial charge in [0.05, 0.1) is 12.1 Å². The molecule has 0 spiro atoms. The highest BCUT2D eigenvalue weighted by atomic mass is 19.1. The highest BCUT2D eigenvalue weighted by molar-refractivity contribution is 5.81. The average Bonchev–Trinajstić information content (AvgIpc) is 2.41. The molecule has 0 aliphatic rings. The van der Waals surface area contributed by atoms with Gasteiger partial charge in [-0.05, 0) is 29.5 Å². The van der Waals surface area contributed by atoms with Crippen molar-refractivity contribution >= 4 is 5.91 Å². The molecule has 3 N–H and O–H groups in total. The predicted molar refractivity (Wildman–Crippen MR) is 84.2 cm³/mol. The molecule has 2 atom stereocenters. The second kappa shape index (κ2) is 7.55. The number of hydrogen-bond acceptors (Lipinski definition) is 2. The number of nitrogens with two attached hydrogens (primary N) is 1. The fourth-order valence-electron chi connectivity index (χ4n) is 2.26. The number of rotatable bonds is 6. The van der Waals surface area contributed by atoms with Crippen LogP contribution in [-0.2, 0) is 4.79 Å². The summed E-state index contributed by atoms with van der Waals surface area (Å²) < 4.78 is 13.1. The summed E-state index contributed by atoms with van der Waals surface area (Å²) in [6, 6.07) is 5.56. The molecular formula is C17H27FN2O. The van der Waals surface area contributed by atoms with Crippen LogP contribution >= 0.6 is 0 Å². The zero-order valence-corrected chi connectivity index (χ0v) is 13.4. The monoisotopic (exact) mass is 294 g/mol. The van der Waals surface area contributed by atoms with E-state index >= 15 is 0 Å². The number of unbranched alkanes of at least 4 members (excludes halogenated alkanes) is 1. The Morgan fingerprint density at radius 3 is 2.33 bits per heavy atom. The van der Waals surface area contributed by atoms with E-state index in [1.54, 1.807) is 12.1 Å². The fraction of sp³-hybridized carbons (Fsp3) is 0.588. The summed E-state index contributed by atoms with van der Waals surface area (Å²) >= 11 is 0. The van der Waals surface area contributed by atoms with Gasteiger partial charge in [-0.25, -0.2) is 4.39 Å². The molecule has 0 fully saturated rings. The van der Waals surface area contributed by atoms with E-state index < -0.39 is 6.04 Å². The third-order valence-corrected chi connectivity index (χ3v) is 3.56. The highest BCUT2D eigenvalue weighted by Gasteiger charge is 2.29. The van der Waals surface area contributed by atoms with Crippen molar-refractivity contribution in [1.82, 2.24) is 5.32 Å².